The summed E-state index contributed by atoms with van der Waals surface area (Å²) in [6.45, 7) is 1.64. The van der Waals surface area contributed by atoms with Gasteiger partial charge in [0.2, 0.25) is 12.4 Å². The molecule has 4 rings (SSSR count). The van der Waals surface area contributed by atoms with Crippen molar-refractivity contribution in [2.45, 2.75) is 19.8 Å². The molecule has 0 aliphatic carbocycles. The molecular formula is C26H21Cl2N2O4S2+. The highest BCUT2D eigenvalue weighted by molar-refractivity contribution is 7.16. The van der Waals surface area contributed by atoms with Gasteiger partial charge in [-0.1, -0.05) is 29.3 Å². The van der Waals surface area contributed by atoms with Gasteiger partial charge in [0.1, 0.15) is 12.3 Å². The fourth-order valence-corrected chi connectivity index (χ4v) is 5.64. The lowest BCUT2D eigenvalue weighted by atomic mass is 10.1. The van der Waals surface area contributed by atoms with Crippen molar-refractivity contribution < 1.29 is 24.6 Å². The quantitative estimate of drug-likeness (QED) is 0.106. The maximum atomic E-state index is 12.7. The van der Waals surface area contributed by atoms with Crippen molar-refractivity contribution in [3.05, 3.63) is 91.2 Å². The fourth-order valence-electron chi connectivity index (χ4n) is 3.44. The van der Waals surface area contributed by atoms with E-state index >= 15 is 0 Å². The molecule has 36 heavy (non-hydrogen) atoms. The number of rotatable bonds is 9. The van der Waals surface area contributed by atoms with Crippen molar-refractivity contribution in [2.75, 3.05) is 6.54 Å². The normalized spacial score (nSPS) is 11.6. The van der Waals surface area contributed by atoms with Crippen LogP contribution in [0.5, 0.6) is 5.75 Å². The van der Waals surface area contributed by atoms with Crippen molar-refractivity contribution in [2.24, 2.45) is 4.99 Å². The van der Waals surface area contributed by atoms with Gasteiger partial charge in [0.15, 0.2) is 11.6 Å². The Bertz CT molecular complexity index is 1460. The van der Waals surface area contributed by atoms with Crippen molar-refractivity contribution in [1.29, 1.82) is 0 Å². The van der Waals surface area contributed by atoms with E-state index in [1.807, 2.05) is 0 Å². The number of aliphatic imine (C=N–C) groups is 1. The van der Waals surface area contributed by atoms with Gasteiger partial charge in [-0.05, 0) is 48.7 Å². The first kappa shape index (κ1) is 26.0. The van der Waals surface area contributed by atoms with Crippen LogP contribution in [0.4, 0.5) is 0 Å². The van der Waals surface area contributed by atoms with Gasteiger partial charge in [0, 0.05) is 39.9 Å². The predicted octanol–water partition coefficient (Wildman–Crippen LogP) is 6.52. The van der Waals surface area contributed by atoms with Crippen molar-refractivity contribution >= 4 is 63.2 Å². The standard InChI is InChI=1S/C26H20Cl2N2O4S2/c1-15(18-14-35-26(25(18)33)17-3-4-19(27)20(28)12-17)29-13-22(32)24-7-6-23(36-24)21(31)5-2-16-8-10-30(34)11-9-16/h3-4,6-12,14H,2,5,13H2,1H3,(H-,33,34)/p+1. The Labute approximate surface area is 225 Å². The molecule has 10 heteroatoms. The third kappa shape index (κ3) is 6.02. The third-order valence-electron chi connectivity index (χ3n) is 5.48. The average Bonchev–Trinajstić information content (AvgIpc) is 3.51. The van der Waals surface area contributed by atoms with Gasteiger partial charge in [-0.2, -0.15) is 0 Å². The molecule has 1 aromatic carbocycles. The smallest absolute Gasteiger partial charge is 0.222 e. The maximum absolute atomic E-state index is 12.7. The molecule has 0 saturated heterocycles. The number of hydrogen-bond donors (Lipinski definition) is 2. The second kappa shape index (κ2) is 11.3. The van der Waals surface area contributed by atoms with Crippen molar-refractivity contribution in [3.8, 4) is 16.2 Å². The van der Waals surface area contributed by atoms with E-state index in [1.165, 1.54) is 23.7 Å². The molecule has 6 nitrogen and oxygen atoms in total. The van der Waals surface area contributed by atoms with Gasteiger partial charge in [0.25, 0.3) is 0 Å². The van der Waals surface area contributed by atoms with Crippen LogP contribution in [0.1, 0.15) is 43.8 Å². The van der Waals surface area contributed by atoms with E-state index in [4.69, 9.17) is 23.2 Å². The van der Waals surface area contributed by atoms with Gasteiger partial charge in [-0.25, -0.2) is 0 Å². The second-order valence-corrected chi connectivity index (χ2v) is 10.7. The molecule has 0 bridgehead atoms. The van der Waals surface area contributed by atoms with Gasteiger partial charge in [-0.3, -0.25) is 19.8 Å². The zero-order chi connectivity index (χ0) is 25.8. The Balaban J connectivity index is 1.39. The van der Waals surface area contributed by atoms with E-state index in [0.29, 0.717) is 48.8 Å². The number of hydrogen-bond acceptors (Lipinski definition) is 7. The lowest BCUT2D eigenvalue weighted by molar-refractivity contribution is -0.904. The highest BCUT2D eigenvalue weighted by atomic mass is 35.5. The number of aryl methyl sites for hydroxylation is 1. The molecule has 3 aromatic heterocycles. The van der Waals surface area contributed by atoms with E-state index < -0.39 is 0 Å². The van der Waals surface area contributed by atoms with Gasteiger partial charge < -0.3 is 5.11 Å². The first-order chi connectivity index (χ1) is 17.2. The van der Waals surface area contributed by atoms with Crippen LogP contribution in [0.2, 0.25) is 10.0 Å². The number of nitrogens with zero attached hydrogens (tertiary/aromatic N) is 2. The highest BCUT2D eigenvalue weighted by Crippen LogP contribution is 2.40. The number of aromatic hydroxyl groups is 1. The van der Waals surface area contributed by atoms with Crippen molar-refractivity contribution in [1.82, 2.24) is 0 Å². The molecule has 0 atom stereocenters. The predicted molar refractivity (Wildman–Crippen MR) is 144 cm³/mol. The zero-order valence-electron chi connectivity index (χ0n) is 19.1. The molecule has 0 aliphatic heterocycles. The van der Waals surface area contributed by atoms with Crippen LogP contribution in [0.15, 0.2) is 65.2 Å². The van der Waals surface area contributed by atoms with Crippen LogP contribution in [0.25, 0.3) is 10.4 Å². The first-order valence-electron chi connectivity index (χ1n) is 10.9. The third-order valence-corrected chi connectivity index (χ3v) is 8.40. The van der Waals surface area contributed by atoms with Gasteiger partial charge in [0.05, 0.1) is 24.7 Å². The number of pyridine rings is 1. The summed E-state index contributed by atoms with van der Waals surface area (Å²) in [5.74, 6) is -0.172. The summed E-state index contributed by atoms with van der Waals surface area (Å²) in [5, 5.41) is 22.6. The molecule has 0 unspecified atom stereocenters. The van der Waals surface area contributed by atoms with E-state index in [-0.39, 0.29) is 23.9 Å². The van der Waals surface area contributed by atoms with E-state index in [0.717, 1.165) is 27.2 Å². The minimum Gasteiger partial charge on any atom is -0.506 e. The zero-order valence-corrected chi connectivity index (χ0v) is 22.2. The fraction of sp³-hybridized carbons (Fsp3) is 0.154. The summed E-state index contributed by atoms with van der Waals surface area (Å²) in [6, 6.07) is 11.9. The lowest BCUT2D eigenvalue weighted by Gasteiger charge is -2.03. The Morgan fingerprint density at radius 3 is 2.39 bits per heavy atom. The molecule has 2 N–H and O–H groups in total. The minimum atomic E-state index is -0.201. The number of thiophene rings is 2. The van der Waals surface area contributed by atoms with Crippen molar-refractivity contribution in [3.63, 3.8) is 0 Å². The Kier molecular flexibility index (Phi) is 8.21. The number of carbonyl (C=O) groups excluding carboxylic acids is 2. The lowest BCUT2D eigenvalue weighted by Crippen LogP contribution is -2.28. The van der Waals surface area contributed by atoms with Gasteiger partial charge in [-0.15, -0.1) is 22.7 Å². The summed E-state index contributed by atoms with van der Waals surface area (Å²) in [6.07, 6.45) is 3.86. The van der Waals surface area contributed by atoms with E-state index in [1.54, 1.807) is 54.8 Å². The topological polar surface area (TPSA) is 90.8 Å². The molecule has 0 spiro atoms. The van der Waals surface area contributed by atoms with Crippen LogP contribution in [0.3, 0.4) is 0 Å². The molecule has 184 valence electrons. The average molecular weight is 561 g/mol. The summed E-state index contributed by atoms with van der Waals surface area (Å²) in [5.41, 5.74) is 2.75. The van der Waals surface area contributed by atoms with Crippen LogP contribution in [-0.4, -0.2) is 34.1 Å². The van der Waals surface area contributed by atoms with Crippen LogP contribution >= 0.6 is 45.9 Å². The number of Topliss-reactive ketones (excluding diaryl/α,β-unsaturated/α-hetero) is 2. The van der Waals surface area contributed by atoms with Gasteiger partial charge >= 0.3 is 0 Å². The van der Waals surface area contributed by atoms with E-state index in [2.05, 4.69) is 4.99 Å². The number of aromatic nitrogens is 1. The summed E-state index contributed by atoms with van der Waals surface area (Å²) >= 11 is 14.6. The minimum absolute atomic E-state index is 0.0440. The summed E-state index contributed by atoms with van der Waals surface area (Å²) in [4.78, 5) is 31.2. The first-order valence-corrected chi connectivity index (χ1v) is 13.3. The maximum Gasteiger partial charge on any atom is 0.222 e. The number of halogens is 2. The molecule has 4 aromatic rings. The monoisotopic (exact) mass is 559 g/mol. The molecule has 3 heterocycles. The Hall–Kier alpha value is -3.04. The molecule has 0 aliphatic rings. The Morgan fingerprint density at radius 2 is 1.69 bits per heavy atom. The largest absolute Gasteiger partial charge is 0.506 e. The number of ketones is 2. The molecule has 0 saturated carbocycles. The molecule has 0 radical (unpaired) electrons. The number of benzene rings is 1. The highest BCUT2D eigenvalue weighted by Gasteiger charge is 2.17. The van der Waals surface area contributed by atoms with Crippen LogP contribution < -0.4 is 4.73 Å². The molecule has 0 fully saturated rings. The SMILES string of the molecule is CC(=NCC(=O)c1ccc(C(=O)CCc2cc[n+](O)cc2)s1)c1csc(-c2ccc(Cl)c(Cl)c2)c1O. The van der Waals surface area contributed by atoms with Crippen LogP contribution in [-0.2, 0) is 6.42 Å². The number of carbonyl (C=O) groups is 2. The molecular weight excluding hydrogens is 539 g/mol. The van der Waals surface area contributed by atoms with Crippen LogP contribution in [0, 0.1) is 0 Å². The second-order valence-electron chi connectivity index (χ2n) is 7.95. The Morgan fingerprint density at radius 1 is 1.00 bits per heavy atom. The van der Waals surface area contributed by atoms with E-state index in [9.17, 15) is 19.9 Å². The summed E-state index contributed by atoms with van der Waals surface area (Å²) in [7, 11) is 0. The molecule has 0 amide bonds. The summed E-state index contributed by atoms with van der Waals surface area (Å²) < 4.78 is 0.945.